The Morgan fingerprint density at radius 1 is 1.44 bits per heavy atom. The van der Waals surface area contributed by atoms with Crippen molar-refractivity contribution < 1.29 is 4.74 Å². The number of nitrogen functional groups attached to an aromatic ring is 1. The number of benzene rings is 1. The van der Waals surface area contributed by atoms with Crippen molar-refractivity contribution in [2.45, 2.75) is 12.8 Å². The summed E-state index contributed by atoms with van der Waals surface area (Å²) >= 11 is 5.81. The van der Waals surface area contributed by atoms with Crippen LogP contribution in [0, 0.1) is 5.92 Å². The molecule has 1 aliphatic carbocycles. The third-order valence-corrected chi connectivity index (χ3v) is 2.86. The van der Waals surface area contributed by atoms with Crippen LogP contribution in [0.5, 0.6) is 0 Å². The molecule has 0 saturated heterocycles. The van der Waals surface area contributed by atoms with Crippen molar-refractivity contribution >= 4 is 23.0 Å². The largest absolute Gasteiger partial charge is 0.397 e. The molecule has 16 heavy (non-hydrogen) atoms. The molecule has 4 heteroatoms. The highest BCUT2D eigenvalue weighted by Gasteiger charge is 2.20. The zero-order valence-corrected chi connectivity index (χ0v) is 9.96. The molecule has 3 N–H and O–H groups in total. The Kier molecular flexibility index (Phi) is 3.91. The monoisotopic (exact) mass is 240 g/mol. The van der Waals surface area contributed by atoms with Crippen LogP contribution in [0.25, 0.3) is 0 Å². The molecular formula is C12H17ClN2O. The standard InChI is InChI=1S/C12H17ClN2O/c13-10-3-4-12(11(14)7-10)15-5-6-16-8-9-1-2-9/h3-4,7,9,15H,1-2,5-6,8,14H2. The molecule has 0 aromatic heterocycles. The number of halogens is 1. The van der Waals surface area contributed by atoms with E-state index in [0.717, 1.165) is 31.4 Å². The first kappa shape index (κ1) is 11.6. The second-order valence-electron chi connectivity index (χ2n) is 4.18. The minimum atomic E-state index is 0.660. The van der Waals surface area contributed by atoms with Crippen LogP contribution in [-0.4, -0.2) is 19.8 Å². The normalized spacial score (nSPS) is 15.1. The fourth-order valence-corrected chi connectivity index (χ4v) is 1.67. The fourth-order valence-electron chi connectivity index (χ4n) is 1.49. The lowest BCUT2D eigenvalue weighted by atomic mass is 10.2. The van der Waals surface area contributed by atoms with Crippen LogP contribution >= 0.6 is 11.6 Å². The number of nitrogens with one attached hydrogen (secondary N) is 1. The van der Waals surface area contributed by atoms with Crippen molar-refractivity contribution in [2.75, 3.05) is 30.8 Å². The number of rotatable bonds is 6. The first-order chi connectivity index (χ1) is 7.75. The second-order valence-corrected chi connectivity index (χ2v) is 4.61. The summed E-state index contributed by atoms with van der Waals surface area (Å²) in [6.07, 6.45) is 2.66. The van der Waals surface area contributed by atoms with Gasteiger partial charge in [-0.25, -0.2) is 0 Å². The highest BCUT2D eigenvalue weighted by atomic mass is 35.5. The van der Waals surface area contributed by atoms with Gasteiger partial charge in [0.1, 0.15) is 0 Å². The fraction of sp³-hybridized carbons (Fsp3) is 0.500. The molecule has 2 rings (SSSR count). The zero-order chi connectivity index (χ0) is 11.4. The third kappa shape index (κ3) is 3.58. The Morgan fingerprint density at radius 2 is 2.25 bits per heavy atom. The molecule has 1 saturated carbocycles. The van der Waals surface area contributed by atoms with E-state index in [0.29, 0.717) is 10.7 Å². The summed E-state index contributed by atoms with van der Waals surface area (Å²) in [6.45, 7) is 2.40. The Balaban J connectivity index is 1.67. The van der Waals surface area contributed by atoms with Gasteiger partial charge in [-0.15, -0.1) is 0 Å². The number of ether oxygens (including phenoxy) is 1. The van der Waals surface area contributed by atoms with E-state index in [2.05, 4.69) is 5.32 Å². The predicted octanol–water partition coefficient (Wildman–Crippen LogP) is 2.76. The van der Waals surface area contributed by atoms with Crippen LogP contribution in [0.2, 0.25) is 5.02 Å². The number of anilines is 2. The molecule has 1 aromatic rings. The Labute approximate surface area is 101 Å². The van der Waals surface area contributed by atoms with E-state index in [1.54, 1.807) is 6.07 Å². The van der Waals surface area contributed by atoms with Gasteiger partial charge in [0.25, 0.3) is 0 Å². The Hall–Kier alpha value is -0.930. The first-order valence-electron chi connectivity index (χ1n) is 5.62. The van der Waals surface area contributed by atoms with Gasteiger partial charge in [-0.2, -0.15) is 0 Å². The smallest absolute Gasteiger partial charge is 0.0639 e. The molecule has 0 atom stereocenters. The van der Waals surface area contributed by atoms with Gasteiger partial charge in [-0.05, 0) is 37.0 Å². The molecule has 3 nitrogen and oxygen atoms in total. The lowest BCUT2D eigenvalue weighted by Crippen LogP contribution is -2.11. The lowest BCUT2D eigenvalue weighted by molar-refractivity contribution is 0.134. The summed E-state index contributed by atoms with van der Waals surface area (Å²) in [5, 5.41) is 3.89. The van der Waals surface area contributed by atoms with Gasteiger partial charge < -0.3 is 15.8 Å². The quantitative estimate of drug-likeness (QED) is 0.594. The highest BCUT2D eigenvalue weighted by Crippen LogP contribution is 2.28. The van der Waals surface area contributed by atoms with Gasteiger partial charge in [-0.3, -0.25) is 0 Å². The van der Waals surface area contributed by atoms with E-state index in [9.17, 15) is 0 Å². The third-order valence-electron chi connectivity index (χ3n) is 2.63. The van der Waals surface area contributed by atoms with E-state index in [1.807, 2.05) is 12.1 Å². The maximum atomic E-state index is 5.81. The van der Waals surface area contributed by atoms with Gasteiger partial charge in [0.2, 0.25) is 0 Å². The van der Waals surface area contributed by atoms with Gasteiger partial charge in [0, 0.05) is 18.2 Å². The van der Waals surface area contributed by atoms with Crippen LogP contribution in [0.15, 0.2) is 18.2 Å². The average molecular weight is 241 g/mol. The number of hydrogen-bond donors (Lipinski definition) is 2. The van der Waals surface area contributed by atoms with Gasteiger partial charge in [0.15, 0.2) is 0 Å². The van der Waals surface area contributed by atoms with E-state index < -0.39 is 0 Å². The van der Waals surface area contributed by atoms with Gasteiger partial charge >= 0.3 is 0 Å². The molecule has 1 aromatic carbocycles. The van der Waals surface area contributed by atoms with Crippen LogP contribution in [0.3, 0.4) is 0 Å². The zero-order valence-electron chi connectivity index (χ0n) is 9.21. The highest BCUT2D eigenvalue weighted by molar-refractivity contribution is 6.31. The molecule has 88 valence electrons. The van der Waals surface area contributed by atoms with Crippen molar-refractivity contribution in [2.24, 2.45) is 5.92 Å². The molecular weight excluding hydrogens is 224 g/mol. The van der Waals surface area contributed by atoms with Crippen molar-refractivity contribution in [1.82, 2.24) is 0 Å². The van der Waals surface area contributed by atoms with Gasteiger partial charge in [0.05, 0.1) is 18.0 Å². The van der Waals surface area contributed by atoms with Gasteiger partial charge in [-0.1, -0.05) is 11.6 Å². The second kappa shape index (κ2) is 5.41. The van der Waals surface area contributed by atoms with Crippen molar-refractivity contribution in [1.29, 1.82) is 0 Å². The SMILES string of the molecule is Nc1cc(Cl)ccc1NCCOCC1CC1. The topological polar surface area (TPSA) is 47.3 Å². The molecule has 1 fully saturated rings. The van der Waals surface area contributed by atoms with E-state index in [1.165, 1.54) is 12.8 Å². The molecule has 0 unspecified atom stereocenters. The number of nitrogens with two attached hydrogens (primary N) is 1. The summed E-state index contributed by atoms with van der Waals surface area (Å²) < 4.78 is 5.51. The molecule has 0 amide bonds. The van der Waals surface area contributed by atoms with E-state index >= 15 is 0 Å². The Bertz CT molecular complexity index is 353. The average Bonchev–Trinajstić information content (AvgIpc) is 3.04. The summed E-state index contributed by atoms with van der Waals surface area (Å²) in [5.41, 5.74) is 7.40. The summed E-state index contributed by atoms with van der Waals surface area (Å²) in [7, 11) is 0. The van der Waals surface area contributed by atoms with Crippen LogP contribution in [0.4, 0.5) is 11.4 Å². The Morgan fingerprint density at radius 3 is 2.94 bits per heavy atom. The first-order valence-corrected chi connectivity index (χ1v) is 6.00. The molecule has 1 aliphatic rings. The lowest BCUT2D eigenvalue weighted by Gasteiger charge is -2.09. The molecule has 0 heterocycles. The maximum Gasteiger partial charge on any atom is 0.0639 e. The van der Waals surface area contributed by atoms with Crippen LogP contribution in [-0.2, 0) is 4.74 Å². The van der Waals surface area contributed by atoms with Crippen LogP contribution in [0.1, 0.15) is 12.8 Å². The minimum absolute atomic E-state index is 0.660. The summed E-state index contributed by atoms with van der Waals surface area (Å²) in [6, 6.07) is 5.46. The van der Waals surface area contributed by atoms with Crippen molar-refractivity contribution in [3.8, 4) is 0 Å². The minimum Gasteiger partial charge on any atom is -0.397 e. The number of hydrogen-bond acceptors (Lipinski definition) is 3. The molecule has 0 radical (unpaired) electrons. The van der Waals surface area contributed by atoms with E-state index in [-0.39, 0.29) is 0 Å². The van der Waals surface area contributed by atoms with Crippen molar-refractivity contribution in [3.63, 3.8) is 0 Å². The van der Waals surface area contributed by atoms with E-state index in [4.69, 9.17) is 22.1 Å². The summed E-state index contributed by atoms with van der Waals surface area (Å²) in [4.78, 5) is 0. The molecule has 0 bridgehead atoms. The molecule has 0 aliphatic heterocycles. The predicted molar refractivity (Wildman–Crippen MR) is 67.9 cm³/mol. The molecule has 0 spiro atoms. The van der Waals surface area contributed by atoms with Crippen LogP contribution < -0.4 is 11.1 Å². The van der Waals surface area contributed by atoms with Crippen molar-refractivity contribution in [3.05, 3.63) is 23.2 Å². The summed E-state index contributed by atoms with van der Waals surface area (Å²) in [5.74, 6) is 0.820. The maximum absolute atomic E-state index is 5.81.